The highest BCUT2D eigenvalue weighted by Crippen LogP contribution is 2.25. The Kier molecular flexibility index (Phi) is 6.59. The van der Waals surface area contributed by atoms with Crippen molar-refractivity contribution in [2.45, 2.75) is 33.1 Å². The van der Waals surface area contributed by atoms with Crippen molar-refractivity contribution in [1.82, 2.24) is 5.16 Å². The van der Waals surface area contributed by atoms with Crippen molar-refractivity contribution in [3.63, 3.8) is 0 Å². The number of nitrogens with zero attached hydrogens (tertiary/aromatic N) is 4. The summed E-state index contributed by atoms with van der Waals surface area (Å²) >= 11 is 6.10. The first-order valence-electron chi connectivity index (χ1n) is 9.71. The third-order valence-electron chi connectivity index (χ3n) is 4.51. The molecule has 0 fully saturated rings. The number of nitrogens with two attached hydrogens (primary N) is 1. The van der Waals surface area contributed by atoms with Crippen molar-refractivity contribution >= 4 is 46.2 Å². The molecule has 1 amide bonds. The topological polar surface area (TPSA) is 130 Å². The number of nitrogens with one attached hydrogen (secondary N) is 2. The molecule has 1 aliphatic heterocycles. The number of hydrogen-bond acceptors (Lipinski definition) is 8. The number of aliphatic imine (C=N–C) groups is 3. The van der Waals surface area contributed by atoms with Crippen molar-refractivity contribution in [1.29, 1.82) is 0 Å². The fourth-order valence-electron chi connectivity index (χ4n) is 2.74. The van der Waals surface area contributed by atoms with Gasteiger partial charge in [-0.25, -0.2) is 9.98 Å². The zero-order valence-corrected chi connectivity index (χ0v) is 19.0. The Bertz CT molecular complexity index is 1180. The van der Waals surface area contributed by atoms with Crippen LogP contribution in [-0.4, -0.2) is 28.3 Å². The summed E-state index contributed by atoms with van der Waals surface area (Å²) in [5, 5.41) is 9.88. The van der Waals surface area contributed by atoms with Crippen molar-refractivity contribution in [2.75, 3.05) is 10.6 Å². The van der Waals surface area contributed by atoms with Gasteiger partial charge in [-0.2, -0.15) is 0 Å². The van der Waals surface area contributed by atoms with Crippen LogP contribution in [0.25, 0.3) is 0 Å². The fourth-order valence-corrected chi connectivity index (χ4v) is 2.92. The lowest BCUT2D eigenvalue weighted by Gasteiger charge is -2.15. The van der Waals surface area contributed by atoms with E-state index in [9.17, 15) is 4.79 Å². The summed E-state index contributed by atoms with van der Waals surface area (Å²) in [4.78, 5) is 24.9. The number of halogens is 1. The smallest absolute Gasteiger partial charge is 0.256 e. The molecule has 1 aromatic carbocycles. The van der Waals surface area contributed by atoms with Crippen molar-refractivity contribution < 1.29 is 9.32 Å². The third kappa shape index (κ3) is 5.12. The van der Waals surface area contributed by atoms with Gasteiger partial charge in [-0.05, 0) is 24.6 Å². The Labute approximate surface area is 190 Å². The van der Waals surface area contributed by atoms with Gasteiger partial charge in [0.1, 0.15) is 29.3 Å². The summed E-state index contributed by atoms with van der Waals surface area (Å²) in [7, 11) is 0. The van der Waals surface area contributed by atoms with Gasteiger partial charge in [-0.3, -0.25) is 9.79 Å². The standard InChI is InChI=1S/C22H24ClN7O2/c1-6-25-17-18(26-11-27-19(17)23)20(24)28-14-9-13(8-7-12(14)2)21(31)29-16-10-15(32-30-16)22(3,4)5/h6-11,28H,1,24H2,2-5H3,(H,29,30,31)/b20-18-,25-17+. The fraction of sp³-hybridized carbons (Fsp3) is 0.227. The van der Waals surface area contributed by atoms with E-state index in [0.717, 1.165) is 5.56 Å². The molecule has 0 saturated carbocycles. The summed E-state index contributed by atoms with van der Waals surface area (Å²) in [6.07, 6.45) is 2.61. The number of aryl methyl sites for hydroxylation is 1. The lowest BCUT2D eigenvalue weighted by molar-refractivity contribution is 0.102. The van der Waals surface area contributed by atoms with Gasteiger partial charge in [-0.1, -0.05) is 50.2 Å². The summed E-state index contributed by atoms with van der Waals surface area (Å²) in [6.45, 7) is 11.4. The molecule has 0 unspecified atom stereocenters. The minimum Gasteiger partial charge on any atom is -0.383 e. The molecular formula is C22H24ClN7O2. The van der Waals surface area contributed by atoms with E-state index in [4.69, 9.17) is 21.9 Å². The second kappa shape index (κ2) is 9.19. The van der Waals surface area contributed by atoms with Gasteiger partial charge < -0.3 is 20.9 Å². The van der Waals surface area contributed by atoms with Gasteiger partial charge >= 0.3 is 0 Å². The molecule has 10 heteroatoms. The largest absolute Gasteiger partial charge is 0.383 e. The van der Waals surface area contributed by atoms with E-state index >= 15 is 0 Å². The minimum absolute atomic E-state index is 0.145. The first-order valence-corrected chi connectivity index (χ1v) is 10.1. The van der Waals surface area contributed by atoms with Gasteiger partial charge in [0.25, 0.3) is 5.91 Å². The molecule has 0 radical (unpaired) electrons. The van der Waals surface area contributed by atoms with Crippen LogP contribution in [0, 0.1) is 6.92 Å². The Morgan fingerprint density at radius 1 is 1.28 bits per heavy atom. The van der Waals surface area contributed by atoms with Crippen molar-refractivity contribution in [2.24, 2.45) is 20.7 Å². The molecule has 4 N–H and O–H groups in total. The van der Waals surface area contributed by atoms with E-state index < -0.39 is 0 Å². The van der Waals surface area contributed by atoms with Gasteiger partial charge in [0.2, 0.25) is 0 Å². The quantitative estimate of drug-likeness (QED) is 0.619. The SMILES string of the molecule is C=C/N=C1/C(Cl)=NC=N/C1=C(/N)Nc1cc(C(=O)Nc2cc(C(C)(C)C)on2)ccc1C. The summed E-state index contributed by atoms with van der Waals surface area (Å²) in [5.74, 6) is 0.868. The second-order valence-corrected chi connectivity index (χ2v) is 8.38. The molecule has 3 rings (SSSR count). The highest BCUT2D eigenvalue weighted by molar-refractivity contribution is 6.86. The molecule has 0 spiro atoms. The van der Waals surface area contributed by atoms with E-state index in [1.807, 2.05) is 27.7 Å². The van der Waals surface area contributed by atoms with Crippen LogP contribution in [0.5, 0.6) is 0 Å². The molecule has 166 valence electrons. The molecule has 2 heterocycles. The lowest BCUT2D eigenvalue weighted by atomic mass is 9.93. The molecular weight excluding hydrogens is 430 g/mol. The average Bonchev–Trinajstić information content (AvgIpc) is 3.20. The molecule has 9 nitrogen and oxygen atoms in total. The Morgan fingerprint density at radius 2 is 2.03 bits per heavy atom. The molecule has 0 bridgehead atoms. The Morgan fingerprint density at radius 3 is 2.69 bits per heavy atom. The van der Waals surface area contributed by atoms with Gasteiger partial charge in [0, 0.05) is 28.9 Å². The first-order chi connectivity index (χ1) is 15.1. The first kappa shape index (κ1) is 23.0. The third-order valence-corrected chi connectivity index (χ3v) is 4.79. The van der Waals surface area contributed by atoms with Crippen molar-refractivity contribution in [3.8, 4) is 0 Å². The maximum absolute atomic E-state index is 12.8. The van der Waals surface area contributed by atoms with Gasteiger partial charge in [0.05, 0.1) is 0 Å². The molecule has 32 heavy (non-hydrogen) atoms. The highest BCUT2D eigenvalue weighted by Gasteiger charge is 2.21. The predicted molar refractivity (Wildman–Crippen MR) is 129 cm³/mol. The number of benzene rings is 1. The maximum atomic E-state index is 12.8. The number of hydrogen-bond donors (Lipinski definition) is 3. The number of anilines is 2. The molecule has 0 atom stereocenters. The van der Waals surface area contributed by atoms with Crippen molar-refractivity contribution in [3.05, 3.63) is 65.4 Å². The van der Waals surface area contributed by atoms with Crippen LogP contribution >= 0.6 is 11.6 Å². The van der Waals surface area contributed by atoms with E-state index in [2.05, 4.69) is 37.3 Å². The van der Waals surface area contributed by atoms with Crippen LogP contribution in [0.2, 0.25) is 0 Å². The van der Waals surface area contributed by atoms with Crippen LogP contribution in [0.15, 0.2) is 68.1 Å². The normalized spacial score (nSPS) is 16.5. The lowest BCUT2D eigenvalue weighted by Crippen LogP contribution is -2.22. The van der Waals surface area contributed by atoms with E-state index in [1.165, 1.54) is 12.5 Å². The number of carbonyl (C=O) groups is 1. The van der Waals surface area contributed by atoms with Gasteiger partial charge in [-0.15, -0.1) is 0 Å². The molecule has 1 aliphatic rings. The van der Waals surface area contributed by atoms with Crippen LogP contribution in [0.1, 0.15) is 42.5 Å². The van der Waals surface area contributed by atoms with E-state index in [0.29, 0.717) is 34.2 Å². The second-order valence-electron chi connectivity index (χ2n) is 8.02. The maximum Gasteiger partial charge on any atom is 0.256 e. The van der Waals surface area contributed by atoms with Crippen LogP contribution in [0.3, 0.4) is 0 Å². The molecule has 1 aromatic heterocycles. The number of aromatic nitrogens is 1. The zero-order chi connectivity index (χ0) is 23.5. The summed E-state index contributed by atoms with van der Waals surface area (Å²) < 4.78 is 5.32. The summed E-state index contributed by atoms with van der Waals surface area (Å²) in [5.41, 5.74) is 8.51. The molecule has 0 aliphatic carbocycles. The van der Waals surface area contributed by atoms with Crippen LogP contribution < -0.4 is 16.4 Å². The Balaban J connectivity index is 1.84. The van der Waals surface area contributed by atoms with E-state index in [-0.39, 0.29) is 22.3 Å². The van der Waals surface area contributed by atoms with E-state index in [1.54, 1.807) is 24.3 Å². The van der Waals surface area contributed by atoms with Gasteiger partial charge in [0.15, 0.2) is 11.0 Å². The number of carbonyl (C=O) groups excluding carboxylic acids is 1. The van der Waals surface area contributed by atoms with Crippen LogP contribution in [0.4, 0.5) is 11.5 Å². The summed E-state index contributed by atoms with van der Waals surface area (Å²) in [6, 6.07) is 6.89. The Hall–Kier alpha value is -3.72. The molecule has 2 aromatic rings. The highest BCUT2D eigenvalue weighted by atomic mass is 35.5. The number of amides is 1. The monoisotopic (exact) mass is 453 g/mol. The van der Waals surface area contributed by atoms with Crippen LogP contribution in [-0.2, 0) is 5.41 Å². The predicted octanol–water partition coefficient (Wildman–Crippen LogP) is 4.34. The zero-order valence-electron chi connectivity index (χ0n) is 18.2. The number of rotatable bonds is 5. The minimum atomic E-state index is -0.340. The average molecular weight is 454 g/mol. The number of allylic oxidation sites excluding steroid dienone is 1. The molecule has 0 saturated heterocycles.